The molecule has 5 nitrogen and oxygen atoms in total. The number of hydrogen-bond donors (Lipinski definition) is 0. The Bertz CT molecular complexity index is 1020. The molecule has 2 aromatic carbocycles. The third-order valence-electron chi connectivity index (χ3n) is 6.98. The predicted octanol–water partition coefficient (Wildman–Crippen LogP) is 4.28. The molecule has 1 saturated heterocycles. The van der Waals surface area contributed by atoms with E-state index >= 15 is 0 Å². The highest BCUT2D eigenvalue weighted by molar-refractivity contribution is 6.22. The van der Waals surface area contributed by atoms with Crippen molar-refractivity contribution in [3.63, 3.8) is 0 Å². The van der Waals surface area contributed by atoms with Crippen LogP contribution in [0.4, 0.5) is 0 Å². The second-order valence-electron chi connectivity index (χ2n) is 8.85. The summed E-state index contributed by atoms with van der Waals surface area (Å²) in [6, 6.07) is 15.0. The van der Waals surface area contributed by atoms with Gasteiger partial charge in [0.1, 0.15) is 0 Å². The smallest absolute Gasteiger partial charge is 0.261 e. The summed E-state index contributed by atoms with van der Waals surface area (Å²) in [6.45, 7) is 2.36. The zero-order valence-electron chi connectivity index (χ0n) is 17.2. The maximum atomic E-state index is 13.4. The minimum atomic E-state index is -0.321. The Balaban J connectivity index is 1.41. The molecule has 3 amide bonds. The first-order valence-corrected chi connectivity index (χ1v) is 10.9. The molecule has 3 unspecified atom stereocenters. The average Bonchev–Trinajstić information content (AvgIpc) is 3.22. The highest BCUT2D eigenvalue weighted by atomic mass is 16.2. The van der Waals surface area contributed by atoms with E-state index in [-0.39, 0.29) is 30.3 Å². The summed E-state index contributed by atoms with van der Waals surface area (Å²) in [5.74, 6) is -0.0311. The van der Waals surface area contributed by atoms with Gasteiger partial charge in [-0.2, -0.15) is 0 Å². The zero-order valence-corrected chi connectivity index (χ0v) is 17.2. The molecule has 0 aromatic heterocycles. The monoisotopic (exact) mass is 402 g/mol. The molecule has 0 N–H and O–H groups in total. The normalized spacial score (nSPS) is 25.4. The molecule has 0 bridgehead atoms. The summed E-state index contributed by atoms with van der Waals surface area (Å²) in [7, 11) is 0. The van der Waals surface area contributed by atoms with Crippen LogP contribution in [0, 0.1) is 5.92 Å². The second-order valence-corrected chi connectivity index (χ2v) is 8.85. The number of carbonyl (C=O) groups excluding carboxylic acids is 3. The van der Waals surface area contributed by atoms with Crippen molar-refractivity contribution in [1.82, 2.24) is 9.80 Å². The van der Waals surface area contributed by atoms with Gasteiger partial charge in [0.15, 0.2) is 0 Å². The fourth-order valence-corrected chi connectivity index (χ4v) is 5.54. The quantitative estimate of drug-likeness (QED) is 0.720. The lowest BCUT2D eigenvalue weighted by atomic mass is 9.85. The molecule has 5 rings (SSSR count). The molecule has 2 fully saturated rings. The van der Waals surface area contributed by atoms with Crippen molar-refractivity contribution in [3.05, 3.63) is 70.8 Å². The van der Waals surface area contributed by atoms with Crippen molar-refractivity contribution in [1.29, 1.82) is 0 Å². The van der Waals surface area contributed by atoms with E-state index in [2.05, 4.69) is 6.92 Å². The average molecular weight is 402 g/mol. The number of likely N-dealkylation sites (tertiary alicyclic amines) is 1. The Morgan fingerprint density at radius 3 is 2.50 bits per heavy atom. The lowest BCUT2D eigenvalue weighted by molar-refractivity contribution is 0.0629. The predicted molar refractivity (Wildman–Crippen MR) is 113 cm³/mol. The van der Waals surface area contributed by atoms with Gasteiger partial charge in [-0.1, -0.05) is 43.2 Å². The van der Waals surface area contributed by atoms with E-state index in [1.54, 1.807) is 18.2 Å². The van der Waals surface area contributed by atoms with Gasteiger partial charge in [0.05, 0.1) is 17.7 Å². The Labute approximate surface area is 176 Å². The van der Waals surface area contributed by atoms with Crippen LogP contribution in [0.3, 0.4) is 0 Å². The summed E-state index contributed by atoms with van der Waals surface area (Å²) in [5.41, 5.74) is 2.14. The number of benzene rings is 2. The van der Waals surface area contributed by atoms with Crippen molar-refractivity contribution in [2.45, 2.75) is 57.7 Å². The molecule has 3 aliphatic rings. The van der Waals surface area contributed by atoms with Gasteiger partial charge in [0, 0.05) is 17.6 Å². The summed E-state index contributed by atoms with van der Waals surface area (Å²) in [5, 5.41) is 0. The summed E-state index contributed by atoms with van der Waals surface area (Å²) >= 11 is 0. The van der Waals surface area contributed by atoms with Crippen LogP contribution >= 0.6 is 0 Å². The van der Waals surface area contributed by atoms with Crippen LogP contribution in [0.2, 0.25) is 0 Å². The molecule has 2 aliphatic heterocycles. The topological polar surface area (TPSA) is 57.7 Å². The van der Waals surface area contributed by atoms with Gasteiger partial charge in [-0.15, -0.1) is 0 Å². The van der Waals surface area contributed by atoms with Crippen LogP contribution in [-0.2, 0) is 6.54 Å². The largest absolute Gasteiger partial charge is 0.333 e. The van der Waals surface area contributed by atoms with Crippen molar-refractivity contribution in [3.8, 4) is 0 Å². The number of fused-ring (bicyclic) bond motifs is 2. The molecule has 2 heterocycles. The van der Waals surface area contributed by atoms with Gasteiger partial charge < -0.3 is 4.90 Å². The third kappa shape index (κ3) is 3.04. The first-order chi connectivity index (χ1) is 14.5. The van der Waals surface area contributed by atoms with E-state index < -0.39 is 0 Å². The molecule has 0 spiro atoms. The number of hydrogen-bond acceptors (Lipinski definition) is 3. The lowest BCUT2D eigenvalue weighted by Crippen LogP contribution is -2.42. The maximum absolute atomic E-state index is 13.4. The minimum Gasteiger partial charge on any atom is -0.333 e. The van der Waals surface area contributed by atoms with E-state index in [0.29, 0.717) is 28.7 Å². The molecule has 1 aliphatic carbocycles. The van der Waals surface area contributed by atoms with E-state index in [4.69, 9.17) is 0 Å². The van der Waals surface area contributed by atoms with Gasteiger partial charge >= 0.3 is 0 Å². The molecule has 2 aromatic rings. The molecule has 154 valence electrons. The van der Waals surface area contributed by atoms with Gasteiger partial charge in [0.25, 0.3) is 17.7 Å². The van der Waals surface area contributed by atoms with Crippen LogP contribution < -0.4 is 0 Å². The number of amides is 3. The summed E-state index contributed by atoms with van der Waals surface area (Å²) < 4.78 is 0. The summed E-state index contributed by atoms with van der Waals surface area (Å²) in [6.07, 6.45) is 5.74. The SMILES string of the molecule is CC1CC2CCCCC2N1C(=O)c1ccc2c(c1)C(=O)N(Cc1ccccc1)C2=O. The first kappa shape index (κ1) is 19.0. The van der Waals surface area contributed by atoms with Crippen LogP contribution in [-0.4, -0.2) is 39.6 Å². The van der Waals surface area contributed by atoms with Crippen molar-refractivity contribution in [2.24, 2.45) is 5.92 Å². The van der Waals surface area contributed by atoms with E-state index in [0.717, 1.165) is 18.4 Å². The Hall–Kier alpha value is -2.95. The zero-order chi connectivity index (χ0) is 20.8. The first-order valence-electron chi connectivity index (χ1n) is 10.9. The number of rotatable bonds is 3. The summed E-state index contributed by atoms with van der Waals surface area (Å²) in [4.78, 5) is 42.5. The highest BCUT2D eigenvalue weighted by Crippen LogP contribution is 2.40. The molecule has 30 heavy (non-hydrogen) atoms. The molecule has 5 heteroatoms. The number of carbonyl (C=O) groups is 3. The number of imide groups is 1. The standard InChI is InChI=1S/C25H26N2O3/c1-16-13-18-9-5-6-10-22(18)27(16)23(28)19-11-12-20-21(14-19)25(30)26(24(20)29)15-17-7-3-2-4-8-17/h2-4,7-8,11-12,14,16,18,22H,5-6,9-10,13,15H2,1H3. The highest BCUT2D eigenvalue weighted by Gasteiger charge is 2.43. The van der Waals surface area contributed by atoms with Crippen molar-refractivity contribution in [2.75, 3.05) is 0 Å². The Morgan fingerprint density at radius 2 is 1.70 bits per heavy atom. The second kappa shape index (κ2) is 7.38. The molecule has 0 radical (unpaired) electrons. The fraction of sp³-hybridized carbons (Fsp3) is 0.400. The van der Waals surface area contributed by atoms with Gasteiger partial charge in [-0.25, -0.2) is 0 Å². The van der Waals surface area contributed by atoms with Crippen LogP contribution in [0.5, 0.6) is 0 Å². The third-order valence-corrected chi connectivity index (χ3v) is 6.98. The van der Waals surface area contributed by atoms with Crippen LogP contribution in [0.15, 0.2) is 48.5 Å². The lowest BCUT2D eigenvalue weighted by Gasteiger charge is -2.33. The van der Waals surface area contributed by atoms with Crippen LogP contribution in [0.1, 0.15) is 75.7 Å². The maximum Gasteiger partial charge on any atom is 0.261 e. The van der Waals surface area contributed by atoms with Crippen LogP contribution in [0.25, 0.3) is 0 Å². The molecule has 1 saturated carbocycles. The van der Waals surface area contributed by atoms with E-state index in [1.165, 1.54) is 24.2 Å². The van der Waals surface area contributed by atoms with E-state index in [1.807, 2.05) is 35.2 Å². The van der Waals surface area contributed by atoms with E-state index in [9.17, 15) is 14.4 Å². The minimum absolute atomic E-state index is 0.0125. The molecule has 3 atom stereocenters. The molecular weight excluding hydrogens is 376 g/mol. The van der Waals surface area contributed by atoms with Gasteiger partial charge in [-0.05, 0) is 55.9 Å². The van der Waals surface area contributed by atoms with Gasteiger partial charge in [0.2, 0.25) is 0 Å². The fourth-order valence-electron chi connectivity index (χ4n) is 5.54. The van der Waals surface area contributed by atoms with Crippen molar-refractivity contribution < 1.29 is 14.4 Å². The Morgan fingerprint density at radius 1 is 0.967 bits per heavy atom. The Kier molecular flexibility index (Phi) is 4.69. The number of nitrogens with zero attached hydrogens (tertiary/aromatic N) is 2. The van der Waals surface area contributed by atoms with Crippen molar-refractivity contribution >= 4 is 17.7 Å². The molecular formula is C25H26N2O3. The van der Waals surface area contributed by atoms with Gasteiger partial charge in [-0.3, -0.25) is 19.3 Å².